The maximum absolute atomic E-state index is 5.05. The van der Waals surface area contributed by atoms with Gasteiger partial charge in [0.15, 0.2) is 0 Å². The molecule has 0 N–H and O–H groups in total. The number of thiophene rings is 6. The molecular weight excluding hydrogens is 1430 g/mol. The molecule has 0 fully saturated rings. The molecule has 1 aliphatic rings. The van der Waals surface area contributed by atoms with E-state index in [1.54, 1.807) is 10.4 Å². The molecule has 0 saturated heterocycles. The van der Waals surface area contributed by atoms with Crippen LogP contribution in [0.25, 0.3) is 93.1 Å². The molecule has 0 aliphatic carbocycles. The van der Waals surface area contributed by atoms with Crippen molar-refractivity contribution in [3.63, 3.8) is 0 Å². The second kappa shape index (κ2) is 26.9. The van der Waals surface area contributed by atoms with E-state index in [1.165, 1.54) is 221 Å². The molecule has 15 heteroatoms. The molecule has 75 heavy (non-hydrogen) atoms. The minimum atomic E-state index is -2.17. The van der Waals surface area contributed by atoms with Gasteiger partial charge in [-0.15, -0.1) is 80.7 Å². The molecule has 0 spiro atoms. The third-order valence-corrected chi connectivity index (χ3v) is 29.0. The zero-order valence-electron chi connectivity index (χ0n) is 43.4. The second-order valence-electron chi connectivity index (χ2n) is 20.0. The average Bonchev–Trinajstić information content (AvgIpc) is 4.28. The second-order valence-corrected chi connectivity index (χ2v) is 31.9. The quantitative estimate of drug-likeness (QED) is 0.0308. The summed E-state index contributed by atoms with van der Waals surface area (Å²) in [5.74, 6) is 0. The maximum atomic E-state index is 5.05. The van der Waals surface area contributed by atoms with Gasteiger partial charge in [-0.2, -0.15) is 31.4 Å². The van der Waals surface area contributed by atoms with E-state index in [4.69, 9.17) is 17.5 Å². The van der Waals surface area contributed by atoms with E-state index in [9.17, 15) is 0 Å². The minimum Gasteiger partial charge on any atom is -0.224 e. The molecule has 0 unspecified atom stereocenters. The Balaban J connectivity index is 0.00000344. The molecule has 390 valence electrons. The summed E-state index contributed by atoms with van der Waals surface area (Å²) in [7, 11) is -2.17. The zero-order valence-corrected chi connectivity index (χ0v) is 56.8. The Labute approximate surface area is 507 Å². The topological polar surface area (TPSA) is 51.6 Å². The summed E-state index contributed by atoms with van der Waals surface area (Å²) in [6.45, 7) is 9.25. The molecule has 0 amide bonds. The molecule has 0 saturated carbocycles. The maximum Gasteiger partial charge on any atom is 0.122 e. The van der Waals surface area contributed by atoms with Crippen LogP contribution < -0.4 is 10.4 Å². The Morgan fingerprint density at radius 2 is 0.760 bits per heavy atom. The van der Waals surface area contributed by atoms with Crippen LogP contribution in [-0.2, 0) is 55.0 Å². The summed E-state index contributed by atoms with van der Waals surface area (Å²) in [6.07, 6.45) is 23.1. The molecule has 0 radical (unpaired) electrons. The van der Waals surface area contributed by atoms with Crippen molar-refractivity contribution in [3.8, 4) is 71.0 Å². The molecule has 1 aliphatic heterocycles. The van der Waals surface area contributed by atoms with Crippen molar-refractivity contribution >= 4 is 132 Å². The van der Waals surface area contributed by atoms with E-state index in [-0.39, 0.29) is 42.1 Å². The van der Waals surface area contributed by atoms with Gasteiger partial charge in [0.1, 0.15) is 8.07 Å². The Bertz CT molecular complexity index is 3210. The molecular formula is C60H64N4S8SiW2-2. The van der Waals surface area contributed by atoms with E-state index >= 15 is 0 Å². The summed E-state index contributed by atoms with van der Waals surface area (Å²) in [5, 5.41) is 3.34. The predicted octanol–water partition coefficient (Wildman–Crippen LogP) is 20.6. The number of aromatic nitrogens is 4. The van der Waals surface area contributed by atoms with Crippen molar-refractivity contribution in [1.29, 1.82) is 0 Å². The van der Waals surface area contributed by atoms with Gasteiger partial charge >= 0.3 is 0 Å². The normalized spacial score (nSPS) is 12.7. The molecule has 2 aromatic carbocycles. The first-order valence-corrected chi connectivity index (χ1v) is 35.8. The van der Waals surface area contributed by atoms with Crippen LogP contribution in [-0.4, -0.2) is 25.6 Å². The largest absolute Gasteiger partial charge is 0.224 e. The number of nitrogens with zero attached hydrogens (tertiary/aromatic N) is 4. The SMILES string of the molecule is CCCCCCc1ccc(-c2ccc(-c3[c-]cc(-c4cc5c(s4)-c4sc(-c6c[c-]c(-c7ccc(-c8ccc(CCCCCC)s8)s7)c7nsnc67)cc4[Si]5(CCCCCC)CCCCCC)c4nsnc34)s2)s1.[W].[W]. The van der Waals surface area contributed by atoms with Crippen molar-refractivity contribution in [3.05, 3.63) is 94.7 Å². The van der Waals surface area contributed by atoms with Crippen molar-refractivity contribution in [1.82, 2.24) is 17.5 Å². The Kier molecular flexibility index (Phi) is 20.6. The van der Waals surface area contributed by atoms with Crippen LogP contribution in [0.15, 0.2) is 72.8 Å². The van der Waals surface area contributed by atoms with E-state index in [0.29, 0.717) is 0 Å². The van der Waals surface area contributed by atoms with Crippen LogP contribution in [0.5, 0.6) is 0 Å². The first-order chi connectivity index (χ1) is 36.0. The molecule has 11 rings (SSSR count). The summed E-state index contributed by atoms with van der Waals surface area (Å²) in [6, 6.07) is 38.4. The van der Waals surface area contributed by atoms with Gasteiger partial charge in [0.2, 0.25) is 0 Å². The van der Waals surface area contributed by atoms with Gasteiger partial charge in [-0.1, -0.05) is 165 Å². The fraction of sp³-hybridized carbons (Fsp3) is 0.400. The first-order valence-electron chi connectivity index (χ1n) is 27.0. The smallest absolute Gasteiger partial charge is 0.122 e. The van der Waals surface area contributed by atoms with Crippen LogP contribution >= 0.6 is 91.5 Å². The van der Waals surface area contributed by atoms with Gasteiger partial charge < -0.3 is 0 Å². The number of hydrogen-bond donors (Lipinski definition) is 0. The molecule has 9 heterocycles. The Morgan fingerprint density at radius 3 is 1.19 bits per heavy atom. The van der Waals surface area contributed by atoms with Gasteiger partial charge in [-0.25, -0.2) is 8.75 Å². The molecule has 10 aromatic rings. The fourth-order valence-corrected chi connectivity index (χ4v) is 25.8. The Morgan fingerprint density at radius 1 is 0.387 bits per heavy atom. The van der Waals surface area contributed by atoms with Gasteiger partial charge in [-0.05, 0) is 91.9 Å². The van der Waals surface area contributed by atoms with E-state index in [2.05, 4.69) is 113 Å². The van der Waals surface area contributed by atoms with Gasteiger partial charge in [0.25, 0.3) is 0 Å². The number of hydrogen-bond acceptors (Lipinski definition) is 12. The number of fused-ring (bicyclic) bond motifs is 5. The van der Waals surface area contributed by atoms with Crippen molar-refractivity contribution in [2.24, 2.45) is 0 Å². The van der Waals surface area contributed by atoms with Crippen molar-refractivity contribution < 1.29 is 42.1 Å². The Hall–Kier alpha value is -2.13. The third kappa shape index (κ3) is 12.2. The van der Waals surface area contributed by atoms with E-state index in [0.717, 1.165) is 33.2 Å². The van der Waals surface area contributed by atoms with Crippen LogP contribution in [0.1, 0.15) is 140 Å². The first kappa shape index (κ1) is 57.6. The van der Waals surface area contributed by atoms with Crippen LogP contribution in [0.4, 0.5) is 0 Å². The van der Waals surface area contributed by atoms with Crippen LogP contribution in [0, 0.1) is 12.1 Å². The van der Waals surface area contributed by atoms with Gasteiger partial charge in [0, 0.05) is 103 Å². The summed E-state index contributed by atoms with van der Waals surface area (Å²) < 4.78 is 20.1. The third-order valence-electron chi connectivity index (χ3n) is 14.9. The van der Waals surface area contributed by atoms with Gasteiger partial charge in [0.05, 0.1) is 23.5 Å². The molecule has 8 aromatic heterocycles. The standard InChI is InChI=1S/C60H64N4S8Si.2W/c1-5-9-13-17-21-39-23-29-47(65-39)49-33-31-45(67-49)41-25-27-43(57-55(41)61-71-63-57)51-37-53-59(69-51)60-54(73(53,35-19-15-11-7-3)36-20-16-12-8-4)38-52(70-60)44-28-26-42(56-58(44)64-72-62-56)46-32-34-50(68-46)48-30-24-40(66-48)22-18-14-10-6-2;;/h23-24,27-34,37-38H,5-22,35-36H2,1-4H3;;/q-2;;. The van der Waals surface area contributed by atoms with Gasteiger partial charge in [-0.3, -0.25) is 0 Å². The number of rotatable bonds is 26. The number of unbranched alkanes of at least 4 members (excludes halogenated alkanes) is 12. The summed E-state index contributed by atoms with van der Waals surface area (Å²) >= 11 is 14.3. The fourth-order valence-electron chi connectivity index (χ4n) is 10.9. The summed E-state index contributed by atoms with van der Waals surface area (Å²) in [4.78, 5) is 16.4. The summed E-state index contributed by atoms with van der Waals surface area (Å²) in [5.41, 5.74) is 8.45. The minimum absolute atomic E-state index is 0. The van der Waals surface area contributed by atoms with Crippen LogP contribution in [0.3, 0.4) is 0 Å². The molecule has 0 bridgehead atoms. The van der Waals surface area contributed by atoms with E-state index in [1.807, 2.05) is 68.0 Å². The van der Waals surface area contributed by atoms with E-state index < -0.39 is 8.07 Å². The van der Waals surface area contributed by atoms with Crippen LogP contribution in [0.2, 0.25) is 12.1 Å². The van der Waals surface area contributed by atoms with Crippen molar-refractivity contribution in [2.75, 3.05) is 0 Å². The number of aryl methyl sites for hydroxylation is 2. The monoisotopic (exact) mass is 1490 g/mol. The molecule has 4 nitrogen and oxygen atoms in total. The molecule has 0 atom stereocenters. The van der Waals surface area contributed by atoms with Crippen molar-refractivity contribution in [2.45, 2.75) is 155 Å². The predicted molar refractivity (Wildman–Crippen MR) is 330 cm³/mol. The zero-order chi connectivity index (χ0) is 49.7. The number of benzene rings is 2. The average molecular weight is 1490 g/mol.